The molecule has 390 valence electrons. The molecule has 0 saturated heterocycles. The first-order chi connectivity index (χ1) is 37.0. The maximum atomic E-state index is 12.5. The Hall–Kier alpha value is -8.88. The van der Waals surface area contributed by atoms with Crippen LogP contribution in [0.1, 0.15) is 127 Å². The van der Waals surface area contributed by atoms with Crippen molar-refractivity contribution >= 4 is 35.8 Å². The fraction of sp³-hybridized carbons (Fsp3) is 0.290. The molecule has 0 spiro atoms. The highest BCUT2D eigenvalue weighted by atomic mass is 16.6. The normalized spacial score (nSPS) is 10.6. The van der Waals surface area contributed by atoms with Gasteiger partial charge in [-0.15, -0.1) is 0 Å². The zero-order valence-corrected chi connectivity index (χ0v) is 42.4. The van der Waals surface area contributed by atoms with E-state index in [0.717, 1.165) is 60.8 Å². The van der Waals surface area contributed by atoms with Crippen LogP contribution in [0.25, 0.3) is 22.3 Å². The molecule has 0 N–H and O–H groups in total. The highest BCUT2D eigenvalue weighted by Gasteiger charge is 2.13. The summed E-state index contributed by atoms with van der Waals surface area (Å²) in [7, 11) is 0. The Labute approximate surface area is 443 Å². The number of carbonyl (C=O) groups is 6. The standard InChI is InChI=1S/C62H60N2O12/c63-43-49-17-13-15-19-55(49)75-61(69)25-11-5-3-9-23-59(67)73-53-39-31-47(32-40-53)45-27-35-51(36-28-45)71-57(65)21-7-1-2-8-22-58(66)72-52-37-29-46(30-38-52)48-33-41-54(42-34-48)74-60(68)24-10-4-6-12-26-62(70)76-56-20-16-14-18-50(56)44-64/h13-20,27-42H,1-12,21-26H2. The van der Waals surface area contributed by atoms with Gasteiger partial charge in [0.05, 0.1) is 11.1 Å². The number of hydrogen-bond donors (Lipinski definition) is 0. The molecule has 14 nitrogen and oxygen atoms in total. The Balaban J connectivity index is 0.765. The van der Waals surface area contributed by atoms with Crippen LogP contribution in [-0.2, 0) is 28.8 Å². The lowest BCUT2D eigenvalue weighted by Crippen LogP contribution is -2.09. The van der Waals surface area contributed by atoms with Crippen molar-refractivity contribution < 1.29 is 57.2 Å². The monoisotopic (exact) mass is 1020 g/mol. The number of nitriles is 2. The van der Waals surface area contributed by atoms with Crippen LogP contribution in [0.5, 0.6) is 34.5 Å². The average molecular weight is 1030 g/mol. The first kappa shape index (κ1) is 56.4. The van der Waals surface area contributed by atoms with Crippen molar-refractivity contribution in [3.05, 3.63) is 157 Å². The summed E-state index contributed by atoms with van der Waals surface area (Å²) in [5.41, 5.74) is 4.21. The SMILES string of the molecule is N#Cc1ccccc1OC(=O)CCCCCCC(=O)Oc1ccc(-c2ccc(OC(=O)CCCCCCC(=O)Oc3ccc(-c4ccc(OC(=O)CCCCCCC(=O)Oc5ccccc5C#N)cc4)cc3)cc2)cc1. The summed E-state index contributed by atoms with van der Waals surface area (Å²) in [4.78, 5) is 74.2. The molecule has 0 fully saturated rings. The number of benzene rings is 6. The van der Waals surface area contributed by atoms with Crippen molar-refractivity contribution in [1.82, 2.24) is 0 Å². The zero-order chi connectivity index (χ0) is 53.7. The molecule has 0 aliphatic rings. The van der Waals surface area contributed by atoms with Gasteiger partial charge >= 0.3 is 35.8 Å². The summed E-state index contributed by atoms with van der Waals surface area (Å²) in [6.45, 7) is 0. The summed E-state index contributed by atoms with van der Waals surface area (Å²) in [5, 5.41) is 18.3. The molecule has 6 aromatic rings. The van der Waals surface area contributed by atoms with Gasteiger partial charge in [0.1, 0.15) is 46.6 Å². The second-order valence-corrected chi connectivity index (χ2v) is 17.9. The molecular weight excluding hydrogens is 965 g/mol. The summed E-state index contributed by atoms with van der Waals surface area (Å²) in [6, 6.07) is 45.8. The van der Waals surface area contributed by atoms with Crippen LogP contribution in [0.15, 0.2) is 146 Å². The smallest absolute Gasteiger partial charge is 0.311 e. The van der Waals surface area contributed by atoms with Gasteiger partial charge in [0, 0.05) is 38.5 Å². The van der Waals surface area contributed by atoms with Crippen molar-refractivity contribution in [3.63, 3.8) is 0 Å². The molecule has 0 atom stereocenters. The highest BCUT2D eigenvalue weighted by molar-refractivity contribution is 5.76. The predicted octanol–water partition coefficient (Wildman–Crippen LogP) is 13.3. The summed E-state index contributed by atoms with van der Waals surface area (Å²) < 4.78 is 32.7. The Morgan fingerprint density at radius 2 is 0.487 bits per heavy atom. The van der Waals surface area contributed by atoms with E-state index in [4.69, 9.17) is 38.9 Å². The average Bonchev–Trinajstić information content (AvgIpc) is 3.42. The molecular formula is C62H60N2O12. The molecule has 0 aliphatic heterocycles. The molecule has 6 rings (SSSR count). The Bertz CT molecular complexity index is 2750. The minimum atomic E-state index is -0.395. The molecule has 0 bridgehead atoms. The first-order valence-corrected chi connectivity index (χ1v) is 25.7. The van der Waals surface area contributed by atoms with Crippen LogP contribution in [0.2, 0.25) is 0 Å². The van der Waals surface area contributed by atoms with Crippen LogP contribution in [0, 0.1) is 22.7 Å². The van der Waals surface area contributed by atoms with Gasteiger partial charge in [0.15, 0.2) is 0 Å². The molecule has 76 heavy (non-hydrogen) atoms. The molecule has 14 heteroatoms. The third-order valence-corrected chi connectivity index (χ3v) is 12.0. The predicted molar refractivity (Wildman–Crippen MR) is 283 cm³/mol. The van der Waals surface area contributed by atoms with Gasteiger partial charge in [-0.05, 0) is 134 Å². The molecule has 0 radical (unpaired) electrons. The molecule has 0 unspecified atom stereocenters. The number of ether oxygens (including phenoxy) is 6. The van der Waals surface area contributed by atoms with Crippen molar-refractivity contribution in [2.24, 2.45) is 0 Å². The quantitative estimate of drug-likeness (QED) is 0.0243. The Morgan fingerprint density at radius 1 is 0.276 bits per heavy atom. The molecule has 0 amide bonds. The number of para-hydroxylation sites is 2. The summed E-state index contributed by atoms with van der Waals surface area (Å²) >= 11 is 0. The zero-order valence-electron chi connectivity index (χ0n) is 42.4. The lowest BCUT2D eigenvalue weighted by atomic mass is 10.1. The lowest BCUT2D eigenvalue weighted by Gasteiger charge is -2.08. The van der Waals surface area contributed by atoms with Crippen LogP contribution < -0.4 is 28.4 Å². The van der Waals surface area contributed by atoms with Gasteiger partial charge in [-0.2, -0.15) is 10.5 Å². The van der Waals surface area contributed by atoms with E-state index in [-0.39, 0.29) is 73.9 Å². The van der Waals surface area contributed by atoms with Crippen molar-refractivity contribution in [2.45, 2.75) is 116 Å². The maximum Gasteiger partial charge on any atom is 0.311 e. The van der Waals surface area contributed by atoms with Crippen molar-refractivity contribution in [3.8, 4) is 68.9 Å². The second kappa shape index (κ2) is 31.0. The number of rotatable bonds is 29. The number of carbonyl (C=O) groups excluding carboxylic acids is 6. The Morgan fingerprint density at radius 3 is 0.711 bits per heavy atom. The second-order valence-electron chi connectivity index (χ2n) is 17.9. The van der Waals surface area contributed by atoms with E-state index in [1.165, 1.54) is 0 Å². The molecule has 6 aromatic carbocycles. The third kappa shape index (κ3) is 19.9. The fourth-order valence-corrected chi connectivity index (χ4v) is 7.91. The lowest BCUT2D eigenvalue weighted by molar-refractivity contribution is -0.135. The van der Waals surface area contributed by atoms with Gasteiger partial charge in [-0.25, -0.2) is 0 Å². The molecule has 0 aliphatic carbocycles. The summed E-state index contributed by atoms with van der Waals surface area (Å²) in [5.74, 6) is 0.124. The van der Waals surface area contributed by atoms with E-state index >= 15 is 0 Å². The van der Waals surface area contributed by atoms with Crippen molar-refractivity contribution in [1.29, 1.82) is 10.5 Å². The van der Waals surface area contributed by atoms with Gasteiger partial charge < -0.3 is 28.4 Å². The van der Waals surface area contributed by atoms with E-state index in [1.54, 1.807) is 97.1 Å². The minimum Gasteiger partial charge on any atom is -0.427 e. The molecule has 0 heterocycles. The van der Waals surface area contributed by atoms with Crippen LogP contribution >= 0.6 is 0 Å². The first-order valence-electron chi connectivity index (χ1n) is 25.7. The molecule has 0 saturated carbocycles. The van der Waals surface area contributed by atoms with Crippen LogP contribution in [0.3, 0.4) is 0 Å². The third-order valence-electron chi connectivity index (χ3n) is 12.0. The highest BCUT2D eigenvalue weighted by Crippen LogP contribution is 2.28. The largest absolute Gasteiger partial charge is 0.427 e. The van der Waals surface area contributed by atoms with Gasteiger partial charge in [0.25, 0.3) is 0 Å². The van der Waals surface area contributed by atoms with E-state index in [1.807, 2.05) is 60.7 Å². The van der Waals surface area contributed by atoms with Gasteiger partial charge in [-0.3, -0.25) is 28.8 Å². The van der Waals surface area contributed by atoms with Gasteiger partial charge in [-0.1, -0.05) is 111 Å². The topological polar surface area (TPSA) is 205 Å². The van der Waals surface area contributed by atoms with Crippen LogP contribution in [0.4, 0.5) is 0 Å². The van der Waals surface area contributed by atoms with Gasteiger partial charge in [0.2, 0.25) is 0 Å². The number of esters is 6. The van der Waals surface area contributed by atoms with E-state index < -0.39 is 11.9 Å². The Kier molecular flexibility index (Phi) is 23.0. The van der Waals surface area contributed by atoms with E-state index in [9.17, 15) is 28.8 Å². The van der Waals surface area contributed by atoms with Crippen LogP contribution in [-0.4, -0.2) is 35.8 Å². The fourth-order valence-electron chi connectivity index (χ4n) is 7.91. The maximum absolute atomic E-state index is 12.5. The van der Waals surface area contributed by atoms with Crippen molar-refractivity contribution in [2.75, 3.05) is 0 Å². The number of nitrogens with zero attached hydrogens (tertiary/aromatic N) is 2. The molecule has 0 aromatic heterocycles. The summed E-state index contributed by atoms with van der Waals surface area (Å²) in [6.07, 6.45) is 9.71. The van der Waals surface area contributed by atoms with E-state index in [2.05, 4.69) is 0 Å². The number of unbranched alkanes of at least 4 members (excludes halogenated alkanes) is 9. The number of hydrogen-bond acceptors (Lipinski definition) is 14. The van der Waals surface area contributed by atoms with E-state index in [0.29, 0.717) is 72.6 Å². The minimum absolute atomic E-state index is 0.225.